The molecule has 60 valence electrons. The van der Waals surface area contributed by atoms with E-state index in [2.05, 4.69) is 10.3 Å². The van der Waals surface area contributed by atoms with Crippen LogP contribution in [0.15, 0.2) is 18.3 Å². The molecule has 0 radical (unpaired) electrons. The first kappa shape index (κ1) is 8.14. The number of hydrogen-bond acceptors (Lipinski definition) is 2. The SMILES string of the molecule is CN[C@H](C)c1ccc(F)nc1. The zero-order valence-corrected chi connectivity index (χ0v) is 6.63. The summed E-state index contributed by atoms with van der Waals surface area (Å²) in [5.74, 6) is -0.433. The van der Waals surface area contributed by atoms with E-state index in [1.807, 2.05) is 14.0 Å². The highest BCUT2D eigenvalue weighted by Gasteiger charge is 2.01. The van der Waals surface area contributed by atoms with Gasteiger partial charge in [0.05, 0.1) is 0 Å². The van der Waals surface area contributed by atoms with Crippen LogP contribution in [0, 0.1) is 5.95 Å². The molecule has 1 aromatic heterocycles. The number of nitrogens with one attached hydrogen (secondary N) is 1. The fourth-order valence-electron chi connectivity index (χ4n) is 0.810. The summed E-state index contributed by atoms with van der Waals surface area (Å²) in [5.41, 5.74) is 0.994. The standard InChI is InChI=1S/C8H11FN2/c1-6(10-2)7-3-4-8(9)11-5-7/h3-6,10H,1-2H3/t6-/m1/s1. The van der Waals surface area contributed by atoms with Crippen molar-refractivity contribution in [3.8, 4) is 0 Å². The van der Waals surface area contributed by atoms with Crippen molar-refractivity contribution < 1.29 is 4.39 Å². The van der Waals surface area contributed by atoms with E-state index >= 15 is 0 Å². The van der Waals surface area contributed by atoms with Gasteiger partial charge in [-0.1, -0.05) is 6.07 Å². The molecule has 3 heteroatoms. The van der Waals surface area contributed by atoms with Crippen LogP contribution in [0.4, 0.5) is 4.39 Å². The molecule has 0 aliphatic rings. The third-order valence-electron chi connectivity index (χ3n) is 1.68. The molecule has 1 heterocycles. The van der Waals surface area contributed by atoms with Crippen LogP contribution in [0.25, 0.3) is 0 Å². The summed E-state index contributed by atoms with van der Waals surface area (Å²) in [6.45, 7) is 1.99. The minimum atomic E-state index is -0.433. The fraction of sp³-hybridized carbons (Fsp3) is 0.375. The zero-order chi connectivity index (χ0) is 8.27. The Hall–Kier alpha value is -0.960. The second-order valence-electron chi connectivity index (χ2n) is 2.42. The Labute approximate surface area is 65.5 Å². The second-order valence-corrected chi connectivity index (χ2v) is 2.42. The lowest BCUT2D eigenvalue weighted by Gasteiger charge is -2.08. The molecule has 0 saturated heterocycles. The summed E-state index contributed by atoms with van der Waals surface area (Å²) >= 11 is 0. The van der Waals surface area contributed by atoms with Crippen molar-refractivity contribution in [2.45, 2.75) is 13.0 Å². The lowest BCUT2D eigenvalue weighted by atomic mass is 10.1. The first-order valence-electron chi connectivity index (χ1n) is 3.52. The van der Waals surface area contributed by atoms with E-state index in [0.29, 0.717) is 0 Å². The summed E-state index contributed by atoms with van der Waals surface area (Å²) < 4.78 is 12.3. The Balaban J connectivity index is 2.81. The molecule has 0 aliphatic heterocycles. The van der Waals surface area contributed by atoms with E-state index < -0.39 is 5.95 Å². The molecule has 2 nitrogen and oxygen atoms in total. The molecule has 0 amide bonds. The minimum Gasteiger partial charge on any atom is -0.313 e. The molecule has 0 aromatic carbocycles. The number of hydrogen-bond donors (Lipinski definition) is 1. The molecular weight excluding hydrogens is 143 g/mol. The van der Waals surface area contributed by atoms with E-state index in [9.17, 15) is 4.39 Å². The van der Waals surface area contributed by atoms with Gasteiger partial charge in [0.25, 0.3) is 0 Å². The Morgan fingerprint density at radius 1 is 1.55 bits per heavy atom. The first-order valence-corrected chi connectivity index (χ1v) is 3.52. The van der Waals surface area contributed by atoms with E-state index in [1.165, 1.54) is 12.3 Å². The number of nitrogens with zero attached hydrogens (tertiary/aromatic N) is 1. The molecule has 1 atom stereocenters. The van der Waals surface area contributed by atoms with Crippen LogP contribution in [0.3, 0.4) is 0 Å². The molecule has 11 heavy (non-hydrogen) atoms. The van der Waals surface area contributed by atoms with Crippen LogP contribution in [-0.4, -0.2) is 12.0 Å². The third-order valence-corrected chi connectivity index (χ3v) is 1.68. The Kier molecular flexibility index (Phi) is 2.54. The van der Waals surface area contributed by atoms with E-state index in [0.717, 1.165) is 5.56 Å². The number of aromatic nitrogens is 1. The van der Waals surface area contributed by atoms with Gasteiger partial charge in [-0.2, -0.15) is 4.39 Å². The van der Waals surface area contributed by atoms with Crippen LogP contribution < -0.4 is 5.32 Å². The molecule has 1 N–H and O–H groups in total. The molecule has 0 aliphatic carbocycles. The lowest BCUT2D eigenvalue weighted by molar-refractivity contribution is 0.576. The van der Waals surface area contributed by atoms with Crippen molar-refractivity contribution in [3.05, 3.63) is 29.8 Å². The Morgan fingerprint density at radius 3 is 2.73 bits per heavy atom. The van der Waals surface area contributed by atoms with Crippen molar-refractivity contribution in [2.75, 3.05) is 7.05 Å². The van der Waals surface area contributed by atoms with Crippen molar-refractivity contribution in [3.63, 3.8) is 0 Å². The average molecular weight is 154 g/mol. The van der Waals surface area contributed by atoms with Gasteiger partial charge in [-0.3, -0.25) is 0 Å². The topological polar surface area (TPSA) is 24.9 Å². The predicted octanol–water partition coefficient (Wildman–Crippen LogP) is 1.50. The fourth-order valence-corrected chi connectivity index (χ4v) is 0.810. The van der Waals surface area contributed by atoms with Crippen molar-refractivity contribution in [1.29, 1.82) is 0 Å². The maximum absolute atomic E-state index is 12.3. The summed E-state index contributed by atoms with van der Waals surface area (Å²) in [7, 11) is 1.86. The normalized spacial score (nSPS) is 13.0. The van der Waals surface area contributed by atoms with Gasteiger partial charge in [0.15, 0.2) is 0 Å². The maximum atomic E-state index is 12.3. The Morgan fingerprint density at radius 2 is 2.27 bits per heavy atom. The monoisotopic (exact) mass is 154 g/mol. The highest BCUT2D eigenvalue weighted by molar-refractivity contribution is 5.13. The quantitative estimate of drug-likeness (QED) is 0.653. The summed E-state index contributed by atoms with van der Waals surface area (Å²) in [6.07, 6.45) is 1.54. The molecule has 1 rings (SSSR count). The molecule has 0 saturated carbocycles. The van der Waals surface area contributed by atoms with Gasteiger partial charge in [0.1, 0.15) is 0 Å². The molecule has 0 spiro atoms. The number of pyridine rings is 1. The summed E-state index contributed by atoms with van der Waals surface area (Å²) in [5, 5.41) is 3.04. The highest BCUT2D eigenvalue weighted by Crippen LogP contribution is 2.09. The Bertz CT molecular complexity index is 220. The molecule has 0 bridgehead atoms. The highest BCUT2D eigenvalue weighted by atomic mass is 19.1. The van der Waals surface area contributed by atoms with Crippen LogP contribution in [0.5, 0.6) is 0 Å². The maximum Gasteiger partial charge on any atom is 0.212 e. The molecule has 0 unspecified atom stereocenters. The van der Waals surface area contributed by atoms with Crippen molar-refractivity contribution >= 4 is 0 Å². The van der Waals surface area contributed by atoms with E-state index in [1.54, 1.807) is 6.07 Å². The van der Waals surface area contributed by atoms with Gasteiger partial charge in [-0.25, -0.2) is 4.98 Å². The largest absolute Gasteiger partial charge is 0.313 e. The molecular formula is C8H11FN2. The van der Waals surface area contributed by atoms with Gasteiger partial charge in [-0.05, 0) is 25.6 Å². The smallest absolute Gasteiger partial charge is 0.212 e. The van der Waals surface area contributed by atoms with Gasteiger partial charge in [0.2, 0.25) is 5.95 Å². The summed E-state index contributed by atoms with van der Waals surface area (Å²) in [4.78, 5) is 3.54. The predicted molar refractivity (Wildman–Crippen MR) is 41.7 cm³/mol. The number of halogens is 1. The first-order chi connectivity index (χ1) is 5.24. The van der Waals surface area contributed by atoms with Gasteiger partial charge in [0, 0.05) is 12.2 Å². The van der Waals surface area contributed by atoms with Crippen LogP contribution in [0.1, 0.15) is 18.5 Å². The van der Waals surface area contributed by atoms with E-state index in [4.69, 9.17) is 0 Å². The van der Waals surface area contributed by atoms with Crippen LogP contribution in [0.2, 0.25) is 0 Å². The van der Waals surface area contributed by atoms with E-state index in [-0.39, 0.29) is 6.04 Å². The van der Waals surface area contributed by atoms with Crippen LogP contribution in [-0.2, 0) is 0 Å². The van der Waals surface area contributed by atoms with Gasteiger partial charge >= 0.3 is 0 Å². The number of rotatable bonds is 2. The van der Waals surface area contributed by atoms with Gasteiger partial charge < -0.3 is 5.32 Å². The lowest BCUT2D eigenvalue weighted by Crippen LogP contribution is -2.12. The molecule has 0 fully saturated rings. The third kappa shape index (κ3) is 1.98. The second kappa shape index (κ2) is 3.44. The minimum absolute atomic E-state index is 0.225. The zero-order valence-electron chi connectivity index (χ0n) is 6.63. The van der Waals surface area contributed by atoms with Crippen molar-refractivity contribution in [2.24, 2.45) is 0 Å². The molecule has 1 aromatic rings. The average Bonchev–Trinajstić information content (AvgIpc) is 2.05. The van der Waals surface area contributed by atoms with Crippen molar-refractivity contribution in [1.82, 2.24) is 10.3 Å². The van der Waals surface area contributed by atoms with Gasteiger partial charge in [-0.15, -0.1) is 0 Å². The van der Waals surface area contributed by atoms with Crippen LogP contribution >= 0.6 is 0 Å². The summed E-state index contributed by atoms with van der Waals surface area (Å²) in [6, 6.07) is 3.32.